The second kappa shape index (κ2) is 6.23. The summed E-state index contributed by atoms with van der Waals surface area (Å²) in [5.41, 5.74) is 0. The minimum Gasteiger partial charge on any atom is -0.449 e. The maximum absolute atomic E-state index is 8.56. The van der Waals surface area contributed by atoms with Gasteiger partial charge in [-0.1, -0.05) is 0 Å². The zero-order valence-corrected chi connectivity index (χ0v) is 9.12. The van der Waals surface area contributed by atoms with Gasteiger partial charge < -0.3 is 14.5 Å². The van der Waals surface area contributed by atoms with Crippen LogP contribution in [0.15, 0.2) is 16.5 Å². The topological polar surface area (TPSA) is 58.2 Å². The van der Waals surface area contributed by atoms with Crippen LogP contribution >= 0.6 is 0 Å². The Labute approximate surface area is 89.8 Å². The van der Waals surface area contributed by atoms with Crippen molar-refractivity contribution in [2.75, 3.05) is 13.7 Å². The van der Waals surface area contributed by atoms with Crippen molar-refractivity contribution in [1.29, 1.82) is 5.26 Å². The highest BCUT2D eigenvalue weighted by molar-refractivity contribution is 5.18. The van der Waals surface area contributed by atoms with E-state index in [-0.39, 0.29) is 0 Å². The molecule has 1 aromatic heterocycles. The van der Waals surface area contributed by atoms with Gasteiger partial charge in [-0.2, -0.15) is 5.26 Å². The summed E-state index contributed by atoms with van der Waals surface area (Å²) in [6.07, 6.45) is 0.961. The Morgan fingerprint density at radius 2 is 2.40 bits per heavy atom. The van der Waals surface area contributed by atoms with E-state index in [1.165, 1.54) is 0 Å². The molecule has 0 amide bonds. The Balaban J connectivity index is 2.27. The van der Waals surface area contributed by atoms with E-state index >= 15 is 0 Å². The summed E-state index contributed by atoms with van der Waals surface area (Å²) in [6, 6.07) is 5.82. The lowest BCUT2D eigenvalue weighted by atomic mass is 10.2. The van der Waals surface area contributed by atoms with E-state index in [0.717, 1.165) is 18.8 Å². The van der Waals surface area contributed by atoms with Gasteiger partial charge in [-0.15, -0.1) is 0 Å². The van der Waals surface area contributed by atoms with E-state index in [9.17, 15) is 0 Å². The molecule has 0 saturated carbocycles. The molecule has 0 aliphatic heterocycles. The van der Waals surface area contributed by atoms with Gasteiger partial charge in [0.1, 0.15) is 11.8 Å². The standard InChI is InChI=1S/C11H16N2O2/c1-9(5-6-14-2)13-8-11-4-3-10(7-12)15-11/h3-4,9,13H,5-6,8H2,1-2H3. The Hall–Kier alpha value is -1.31. The fraction of sp³-hybridized carbons (Fsp3) is 0.545. The maximum atomic E-state index is 8.56. The highest BCUT2D eigenvalue weighted by Gasteiger charge is 2.04. The lowest BCUT2D eigenvalue weighted by Gasteiger charge is -2.11. The molecular formula is C11H16N2O2. The van der Waals surface area contributed by atoms with Crippen molar-refractivity contribution in [3.05, 3.63) is 23.7 Å². The number of rotatable bonds is 6. The van der Waals surface area contributed by atoms with Gasteiger partial charge in [0, 0.05) is 19.8 Å². The van der Waals surface area contributed by atoms with Crippen LogP contribution in [0, 0.1) is 11.3 Å². The summed E-state index contributed by atoms with van der Waals surface area (Å²) in [7, 11) is 1.69. The van der Waals surface area contributed by atoms with Crippen molar-refractivity contribution >= 4 is 0 Å². The van der Waals surface area contributed by atoms with Crippen molar-refractivity contribution in [3.63, 3.8) is 0 Å². The number of nitriles is 1. The second-order valence-corrected chi connectivity index (χ2v) is 3.44. The summed E-state index contributed by atoms with van der Waals surface area (Å²) < 4.78 is 10.2. The average Bonchev–Trinajstić information content (AvgIpc) is 2.71. The molecule has 4 nitrogen and oxygen atoms in total. The van der Waals surface area contributed by atoms with Crippen LogP contribution in [-0.4, -0.2) is 19.8 Å². The van der Waals surface area contributed by atoms with E-state index in [1.54, 1.807) is 13.2 Å². The molecule has 82 valence electrons. The molecule has 0 fully saturated rings. The predicted octanol–water partition coefficient (Wildman–Crippen LogP) is 1.67. The van der Waals surface area contributed by atoms with Crippen LogP contribution in [0.5, 0.6) is 0 Å². The number of furan rings is 1. The molecule has 1 unspecified atom stereocenters. The first-order chi connectivity index (χ1) is 7.26. The van der Waals surface area contributed by atoms with Gasteiger partial charge in [-0.25, -0.2) is 0 Å². The maximum Gasteiger partial charge on any atom is 0.203 e. The van der Waals surface area contributed by atoms with Crippen LogP contribution in [0.3, 0.4) is 0 Å². The number of methoxy groups -OCH3 is 1. The zero-order valence-electron chi connectivity index (χ0n) is 9.12. The van der Waals surface area contributed by atoms with E-state index in [4.69, 9.17) is 14.4 Å². The van der Waals surface area contributed by atoms with E-state index in [1.807, 2.05) is 12.1 Å². The lowest BCUT2D eigenvalue weighted by molar-refractivity contribution is 0.184. The first kappa shape index (κ1) is 11.8. The summed E-state index contributed by atoms with van der Waals surface area (Å²) in [5, 5.41) is 11.9. The fourth-order valence-corrected chi connectivity index (χ4v) is 1.20. The van der Waals surface area contributed by atoms with Gasteiger partial charge >= 0.3 is 0 Å². The number of ether oxygens (including phenoxy) is 1. The molecule has 0 bridgehead atoms. The normalized spacial score (nSPS) is 12.3. The Kier molecular flexibility index (Phi) is 4.88. The fourth-order valence-electron chi connectivity index (χ4n) is 1.20. The molecule has 1 rings (SSSR count). The molecule has 4 heteroatoms. The van der Waals surface area contributed by atoms with Gasteiger partial charge in [-0.05, 0) is 25.5 Å². The van der Waals surface area contributed by atoms with Crippen LogP contribution in [0.2, 0.25) is 0 Å². The molecule has 1 heterocycles. The summed E-state index contributed by atoms with van der Waals surface area (Å²) in [5.74, 6) is 1.15. The third-order valence-electron chi connectivity index (χ3n) is 2.15. The average molecular weight is 208 g/mol. The quantitative estimate of drug-likeness (QED) is 0.772. The lowest BCUT2D eigenvalue weighted by Crippen LogP contribution is -2.26. The first-order valence-electron chi connectivity index (χ1n) is 4.97. The molecule has 0 aliphatic carbocycles. The van der Waals surface area contributed by atoms with Crippen LogP contribution in [0.4, 0.5) is 0 Å². The predicted molar refractivity (Wildman–Crippen MR) is 56.2 cm³/mol. The number of nitrogens with one attached hydrogen (secondary N) is 1. The monoisotopic (exact) mass is 208 g/mol. The zero-order chi connectivity index (χ0) is 11.1. The minimum absolute atomic E-state index is 0.358. The highest BCUT2D eigenvalue weighted by Crippen LogP contribution is 2.06. The SMILES string of the molecule is COCCC(C)NCc1ccc(C#N)o1. The molecule has 1 N–H and O–H groups in total. The molecule has 0 spiro atoms. The van der Waals surface area contributed by atoms with Crippen LogP contribution in [0.25, 0.3) is 0 Å². The summed E-state index contributed by atoms with van der Waals surface area (Å²) in [6.45, 7) is 3.48. The van der Waals surface area contributed by atoms with Gasteiger partial charge in [0.05, 0.1) is 6.54 Å². The number of hydrogen-bond acceptors (Lipinski definition) is 4. The summed E-state index contributed by atoms with van der Waals surface area (Å²) >= 11 is 0. The second-order valence-electron chi connectivity index (χ2n) is 3.44. The molecule has 1 atom stereocenters. The van der Waals surface area contributed by atoms with Crippen molar-refractivity contribution in [1.82, 2.24) is 5.32 Å². The van der Waals surface area contributed by atoms with Crippen LogP contribution < -0.4 is 5.32 Å². The van der Waals surface area contributed by atoms with Crippen molar-refractivity contribution < 1.29 is 9.15 Å². The van der Waals surface area contributed by atoms with Gasteiger partial charge in [0.25, 0.3) is 0 Å². The Morgan fingerprint density at radius 1 is 1.60 bits per heavy atom. The third-order valence-corrected chi connectivity index (χ3v) is 2.15. The molecular weight excluding hydrogens is 192 g/mol. The summed E-state index contributed by atoms with van der Waals surface area (Å²) in [4.78, 5) is 0. The Morgan fingerprint density at radius 3 is 3.00 bits per heavy atom. The van der Waals surface area contributed by atoms with Crippen molar-refractivity contribution in [2.45, 2.75) is 25.9 Å². The molecule has 15 heavy (non-hydrogen) atoms. The minimum atomic E-state index is 0.358. The van der Waals surface area contributed by atoms with E-state index in [2.05, 4.69) is 12.2 Å². The third kappa shape index (κ3) is 4.15. The number of hydrogen-bond donors (Lipinski definition) is 1. The first-order valence-corrected chi connectivity index (χ1v) is 4.97. The Bertz CT molecular complexity index is 328. The number of nitrogens with zero attached hydrogens (tertiary/aromatic N) is 1. The van der Waals surface area contributed by atoms with Crippen LogP contribution in [0.1, 0.15) is 24.9 Å². The van der Waals surface area contributed by atoms with Gasteiger partial charge in [0.15, 0.2) is 0 Å². The highest BCUT2D eigenvalue weighted by atomic mass is 16.5. The van der Waals surface area contributed by atoms with Gasteiger partial charge in [0.2, 0.25) is 5.76 Å². The van der Waals surface area contributed by atoms with Crippen LogP contribution in [-0.2, 0) is 11.3 Å². The van der Waals surface area contributed by atoms with E-state index in [0.29, 0.717) is 18.3 Å². The molecule has 0 saturated heterocycles. The smallest absolute Gasteiger partial charge is 0.203 e. The van der Waals surface area contributed by atoms with E-state index < -0.39 is 0 Å². The van der Waals surface area contributed by atoms with Crippen molar-refractivity contribution in [3.8, 4) is 6.07 Å². The molecule has 0 aliphatic rings. The molecule has 0 aromatic carbocycles. The van der Waals surface area contributed by atoms with Gasteiger partial charge in [-0.3, -0.25) is 0 Å². The van der Waals surface area contributed by atoms with Crippen molar-refractivity contribution in [2.24, 2.45) is 0 Å². The molecule has 1 aromatic rings. The molecule has 0 radical (unpaired) electrons. The largest absolute Gasteiger partial charge is 0.449 e.